The monoisotopic (exact) mass is 418 g/mol. The summed E-state index contributed by atoms with van der Waals surface area (Å²) in [5, 5.41) is 18.5. The molecule has 29 heavy (non-hydrogen) atoms. The molecule has 4 rings (SSSR count). The summed E-state index contributed by atoms with van der Waals surface area (Å²) < 4.78 is 33.0. The summed E-state index contributed by atoms with van der Waals surface area (Å²) >= 11 is 0. The summed E-state index contributed by atoms with van der Waals surface area (Å²) in [5.74, 6) is -0.877. The van der Waals surface area contributed by atoms with Crippen LogP contribution in [0.2, 0.25) is 0 Å². The predicted molar refractivity (Wildman–Crippen MR) is 100 cm³/mol. The molecule has 12 heteroatoms. The number of imidazole rings is 1. The van der Waals surface area contributed by atoms with E-state index in [-0.39, 0.29) is 19.2 Å². The molecule has 0 amide bonds. The second kappa shape index (κ2) is 7.72. The molecular weight excluding hydrogens is 400 g/mol. The topological polar surface area (TPSA) is 135 Å². The van der Waals surface area contributed by atoms with E-state index >= 15 is 0 Å². The third kappa shape index (κ3) is 3.89. The fourth-order valence-corrected chi connectivity index (χ4v) is 5.14. The maximum atomic E-state index is 12.6. The molecule has 0 N–H and O–H groups in total. The van der Waals surface area contributed by atoms with Gasteiger partial charge in [-0.15, -0.1) is 5.10 Å². The molecule has 2 atom stereocenters. The second-order valence-electron chi connectivity index (χ2n) is 6.66. The highest BCUT2D eigenvalue weighted by Crippen LogP contribution is 2.35. The van der Waals surface area contributed by atoms with Crippen molar-refractivity contribution >= 4 is 16.1 Å². The van der Waals surface area contributed by atoms with E-state index in [1.54, 1.807) is 6.20 Å². The Morgan fingerprint density at radius 3 is 2.83 bits per heavy atom. The SMILES string of the molecule is O=[N+]([O-])c1nccn1Cn1cc(C(c2ccccc2)C2CCCOS2(=O)=O)nn1. The van der Waals surface area contributed by atoms with E-state index < -0.39 is 26.2 Å². The Kier molecular flexibility index (Phi) is 5.11. The van der Waals surface area contributed by atoms with Crippen LogP contribution in [0.4, 0.5) is 5.95 Å². The molecule has 3 aromatic rings. The molecule has 0 aliphatic carbocycles. The summed E-state index contributed by atoms with van der Waals surface area (Å²) in [6, 6.07) is 9.19. The normalized spacial score (nSPS) is 19.7. The first-order chi connectivity index (χ1) is 14.0. The van der Waals surface area contributed by atoms with E-state index in [9.17, 15) is 18.5 Å². The van der Waals surface area contributed by atoms with Crippen molar-refractivity contribution in [2.24, 2.45) is 0 Å². The van der Waals surface area contributed by atoms with Gasteiger partial charge < -0.3 is 10.1 Å². The van der Waals surface area contributed by atoms with Crippen molar-refractivity contribution in [2.75, 3.05) is 6.61 Å². The molecule has 0 spiro atoms. The minimum absolute atomic E-state index is 0.0265. The van der Waals surface area contributed by atoms with Crippen molar-refractivity contribution in [3.8, 4) is 0 Å². The molecule has 0 saturated carbocycles. The first-order valence-electron chi connectivity index (χ1n) is 8.94. The molecule has 2 aromatic heterocycles. The Bertz CT molecular complexity index is 1110. The minimum atomic E-state index is -3.76. The number of hydrogen-bond acceptors (Lipinski definition) is 8. The van der Waals surface area contributed by atoms with Crippen LogP contribution in [0.15, 0.2) is 48.9 Å². The van der Waals surface area contributed by atoms with Crippen LogP contribution in [0.3, 0.4) is 0 Å². The van der Waals surface area contributed by atoms with Crippen molar-refractivity contribution in [1.29, 1.82) is 0 Å². The van der Waals surface area contributed by atoms with Gasteiger partial charge in [0.1, 0.15) is 12.4 Å². The van der Waals surface area contributed by atoms with Crippen molar-refractivity contribution in [2.45, 2.75) is 30.7 Å². The molecule has 11 nitrogen and oxygen atoms in total. The van der Waals surface area contributed by atoms with Gasteiger partial charge in [-0.2, -0.15) is 8.42 Å². The van der Waals surface area contributed by atoms with Gasteiger partial charge in [0.2, 0.25) is 0 Å². The quantitative estimate of drug-likeness (QED) is 0.334. The molecule has 0 radical (unpaired) electrons. The van der Waals surface area contributed by atoms with Gasteiger partial charge in [-0.1, -0.05) is 40.5 Å². The van der Waals surface area contributed by atoms with Gasteiger partial charge in [0.15, 0.2) is 6.67 Å². The molecule has 152 valence electrons. The lowest BCUT2D eigenvalue weighted by molar-refractivity contribution is -0.396. The van der Waals surface area contributed by atoms with Gasteiger partial charge in [0.25, 0.3) is 10.1 Å². The highest BCUT2D eigenvalue weighted by Gasteiger charge is 2.40. The third-order valence-corrected chi connectivity index (χ3v) is 6.56. The van der Waals surface area contributed by atoms with Gasteiger partial charge in [-0.25, -0.2) is 9.25 Å². The maximum absolute atomic E-state index is 12.6. The zero-order valence-electron chi connectivity index (χ0n) is 15.2. The third-order valence-electron chi connectivity index (χ3n) is 4.81. The number of hydrogen-bond donors (Lipinski definition) is 0. The lowest BCUT2D eigenvalue weighted by Crippen LogP contribution is -2.35. The van der Waals surface area contributed by atoms with E-state index in [4.69, 9.17) is 4.18 Å². The molecule has 1 aromatic carbocycles. The number of aromatic nitrogens is 5. The summed E-state index contributed by atoms with van der Waals surface area (Å²) in [5.41, 5.74) is 1.24. The van der Waals surface area contributed by atoms with Crippen molar-refractivity contribution in [3.63, 3.8) is 0 Å². The summed E-state index contributed by atoms with van der Waals surface area (Å²) in [4.78, 5) is 14.2. The molecule has 1 saturated heterocycles. The average molecular weight is 418 g/mol. The Balaban J connectivity index is 1.69. The zero-order chi connectivity index (χ0) is 20.4. The maximum Gasteiger partial charge on any atom is 0.436 e. The lowest BCUT2D eigenvalue weighted by atomic mass is 9.90. The van der Waals surface area contributed by atoms with E-state index in [2.05, 4.69) is 15.3 Å². The Morgan fingerprint density at radius 1 is 1.31 bits per heavy atom. The average Bonchev–Trinajstić information content (AvgIpc) is 3.34. The number of benzene rings is 1. The van der Waals surface area contributed by atoms with Gasteiger partial charge in [-0.05, 0) is 23.3 Å². The van der Waals surface area contributed by atoms with Gasteiger partial charge in [0, 0.05) is 5.92 Å². The standard InChI is InChI=1S/C17H18N6O5S/c24-23(25)17-18-8-9-21(17)12-22-11-14(19-20-22)16(13-5-2-1-3-6-13)15-7-4-10-28-29(15,26)27/h1-3,5-6,8-9,11,15-16H,4,7,10,12H2. The molecular formula is C17H18N6O5S. The Morgan fingerprint density at radius 2 is 2.10 bits per heavy atom. The van der Waals surface area contributed by atoms with Crippen LogP contribution in [-0.4, -0.2) is 49.7 Å². The first-order valence-corrected chi connectivity index (χ1v) is 10.4. The smallest absolute Gasteiger partial charge is 0.390 e. The van der Waals surface area contributed by atoms with Crippen LogP contribution in [0, 0.1) is 10.1 Å². The molecule has 1 aliphatic rings. The largest absolute Gasteiger partial charge is 0.436 e. The number of rotatable bonds is 6. The van der Waals surface area contributed by atoms with Gasteiger partial charge >= 0.3 is 5.95 Å². The fourth-order valence-electron chi connectivity index (χ4n) is 3.53. The number of nitrogens with zero attached hydrogens (tertiary/aromatic N) is 6. The van der Waals surface area contributed by atoms with E-state index in [1.165, 1.54) is 21.6 Å². The Labute approximate surface area is 166 Å². The van der Waals surface area contributed by atoms with Crippen molar-refractivity contribution in [1.82, 2.24) is 24.5 Å². The van der Waals surface area contributed by atoms with E-state index in [1.807, 2.05) is 30.3 Å². The lowest BCUT2D eigenvalue weighted by Gasteiger charge is -2.28. The highest BCUT2D eigenvalue weighted by molar-refractivity contribution is 7.87. The molecule has 1 aliphatic heterocycles. The van der Waals surface area contributed by atoms with Crippen molar-refractivity contribution in [3.05, 3.63) is 70.3 Å². The molecule has 3 heterocycles. The summed E-state index contributed by atoms with van der Waals surface area (Å²) in [6.07, 6.45) is 5.47. The van der Waals surface area contributed by atoms with Crippen LogP contribution in [0.1, 0.15) is 30.0 Å². The van der Waals surface area contributed by atoms with Crippen LogP contribution >= 0.6 is 0 Å². The Hall–Kier alpha value is -3.12. The van der Waals surface area contributed by atoms with Crippen LogP contribution in [-0.2, 0) is 21.0 Å². The second-order valence-corrected chi connectivity index (χ2v) is 8.49. The fraction of sp³-hybridized carbons (Fsp3) is 0.353. The highest BCUT2D eigenvalue weighted by atomic mass is 32.2. The molecule has 0 bridgehead atoms. The summed E-state index contributed by atoms with van der Waals surface area (Å²) in [6.45, 7) is 0.204. The van der Waals surface area contributed by atoms with E-state index in [0.717, 1.165) is 5.56 Å². The zero-order valence-corrected chi connectivity index (χ0v) is 16.1. The number of nitro groups is 1. The minimum Gasteiger partial charge on any atom is -0.390 e. The molecule has 2 unspecified atom stereocenters. The predicted octanol–water partition coefficient (Wildman–Crippen LogP) is 1.53. The van der Waals surface area contributed by atoms with Crippen LogP contribution in [0.25, 0.3) is 0 Å². The van der Waals surface area contributed by atoms with Crippen LogP contribution < -0.4 is 0 Å². The first kappa shape index (κ1) is 19.2. The van der Waals surface area contributed by atoms with Gasteiger partial charge in [0.05, 0.1) is 23.7 Å². The summed E-state index contributed by atoms with van der Waals surface area (Å²) in [7, 11) is -3.76. The van der Waals surface area contributed by atoms with E-state index in [0.29, 0.717) is 18.5 Å². The molecule has 1 fully saturated rings. The van der Waals surface area contributed by atoms with Crippen molar-refractivity contribution < 1.29 is 17.5 Å². The van der Waals surface area contributed by atoms with Crippen LogP contribution in [0.5, 0.6) is 0 Å². The van der Waals surface area contributed by atoms with Gasteiger partial charge in [-0.3, -0.25) is 4.18 Å².